The van der Waals surface area contributed by atoms with E-state index in [2.05, 4.69) is 29.8 Å². The molecule has 2 nitrogen and oxygen atoms in total. The molecule has 0 bridgehead atoms. The van der Waals surface area contributed by atoms with Gasteiger partial charge in [-0.2, -0.15) is 0 Å². The Morgan fingerprint density at radius 2 is 2.00 bits per heavy atom. The van der Waals surface area contributed by atoms with Crippen LogP contribution in [-0.4, -0.2) is 7.11 Å². The van der Waals surface area contributed by atoms with Crippen LogP contribution in [0.15, 0.2) is 22.7 Å². The molecule has 1 aromatic carbocycles. The first kappa shape index (κ1) is 11.5. The first-order valence-electron chi connectivity index (χ1n) is 4.65. The third kappa shape index (κ3) is 2.49. The van der Waals surface area contributed by atoms with Crippen LogP contribution in [0.25, 0.3) is 0 Å². The Balaban J connectivity index is 3.10. The van der Waals surface area contributed by atoms with Crippen LogP contribution in [0.4, 0.5) is 0 Å². The van der Waals surface area contributed by atoms with Crippen LogP contribution in [0, 0.1) is 5.92 Å². The zero-order chi connectivity index (χ0) is 10.7. The lowest BCUT2D eigenvalue weighted by molar-refractivity contribution is 0.396. The molecule has 1 aromatic rings. The molecule has 0 saturated heterocycles. The van der Waals surface area contributed by atoms with Crippen molar-refractivity contribution < 1.29 is 4.74 Å². The fourth-order valence-corrected chi connectivity index (χ4v) is 1.70. The van der Waals surface area contributed by atoms with Crippen molar-refractivity contribution >= 4 is 15.9 Å². The Bertz CT molecular complexity index is 312. The van der Waals surface area contributed by atoms with E-state index in [1.807, 2.05) is 18.2 Å². The number of rotatable bonds is 3. The number of nitrogens with two attached hydrogens (primary N) is 1. The SMILES string of the molecule is COc1ccc(Br)cc1[C@@H](N)C(C)C. The van der Waals surface area contributed by atoms with E-state index >= 15 is 0 Å². The monoisotopic (exact) mass is 257 g/mol. The van der Waals surface area contributed by atoms with Crippen LogP contribution >= 0.6 is 15.9 Å². The van der Waals surface area contributed by atoms with Gasteiger partial charge in [0.05, 0.1) is 7.11 Å². The number of benzene rings is 1. The Hall–Kier alpha value is -0.540. The molecular weight excluding hydrogens is 242 g/mol. The Kier molecular flexibility index (Phi) is 3.96. The molecule has 0 heterocycles. The highest BCUT2D eigenvalue weighted by Crippen LogP contribution is 2.30. The van der Waals surface area contributed by atoms with Gasteiger partial charge < -0.3 is 10.5 Å². The highest BCUT2D eigenvalue weighted by atomic mass is 79.9. The van der Waals surface area contributed by atoms with Crippen LogP contribution in [-0.2, 0) is 0 Å². The molecule has 3 heteroatoms. The van der Waals surface area contributed by atoms with E-state index in [4.69, 9.17) is 10.5 Å². The predicted molar refractivity (Wildman–Crippen MR) is 62.5 cm³/mol. The van der Waals surface area contributed by atoms with Gasteiger partial charge in [0.1, 0.15) is 5.75 Å². The quantitative estimate of drug-likeness (QED) is 0.904. The van der Waals surface area contributed by atoms with Crippen LogP contribution in [0.1, 0.15) is 25.5 Å². The molecule has 1 rings (SSSR count). The maximum atomic E-state index is 6.08. The van der Waals surface area contributed by atoms with Crippen molar-refractivity contribution in [2.24, 2.45) is 11.7 Å². The predicted octanol–water partition coefficient (Wildman–Crippen LogP) is 3.11. The summed E-state index contributed by atoms with van der Waals surface area (Å²) in [6, 6.07) is 5.92. The Labute approximate surface area is 93.6 Å². The molecule has 0 aliphatic heterocycles. The van der Waals surface area contributed by atoms with E-state index in [0.29, 0.717) is 5.92 Å². The van der Waals surface area contributed by atoms with E-state index in [1.54, 1.807) is 7.11 Å². The first-order valence-corrected chi connectivity index (χ1v) is 5.44. The van der Waals surface area contributed by atoms with Crippen LogP contribution in [0.2, 0.25) is 0 Å². The Morgan fingerprint density at radius 3 is 2.50 bits per heavy atom. The van der Waals surface area contributed by atoms with Gasteiger partial charge in [0.15, 0.2) is 0 Å². The average Bonchev–Trinajstić information content (AvgIpc) is 2.16. The van der Waals surface area contributed by atoms with Crippen molar-refractivity contribution in [1.82, 2.24) is 0 Å². The second-order valence-electron chi connectivity index (χ2n) is 3.66. The van der Waals surface area contributed by atoms with Gasteiger partial charge in [0.2, 0.25) is 0 Å². The molecule has 0 spiro atoms. The lowest BCUT2D eigenvalue weighted by Gasteiger charge is -2.19. The van der Waals surface area contributed by atoms with Crippen molar-refractivity contribution in [2.45, 2.75) is 19.9 Å². The minimum Gasteiger partial charge on any atom is -0.496 e. The summed E-state index contributed by atoms with van der Waals surface area (Å²) in [5.74, 6) is 1.26. The molecule has 0 aliphatic carbocycles. The third-order valence-corrected chi connectivity index (χ3v) is 2.76. The summed E-state index contributed by atoms with van der Waals surface area (Å²) in [5, 5.41) is 0. The van der Waals surface area contributed by atoms with Crippen LogP contribution in [0.3, 0.4) is 0 Å². The molecular formula is C11H16BrNO. The van der Waals surface area contributed by atoms with Gasteiger partial charge in [0.25, 0.3) is 0 Å². The molecule has 1 atom stereocenters. The van der Waals surface area contributed by atoms with E-state index in [1.165, 1.54) is 0 Å². The molecule has 0 fully saturated rings. The van der Waals surface area contributed by atoms with Crippen molar-refractivity contribution in [1.29, 1.82) is 0 Å². The largest absolute Gasteiger partial charge is 0.496 e. The summed E-state index contributed by atoms with van der Waals surface area (Å²) in [4.78, 5) is 0. The lowest BCUT2D eigenvalue weighted by Crippen LogP contribution is -2.17. The molecule has 14 heavy (non-hydrogen) atoms. The average molecular weight is 258 g/mol. The lowest BCUT2D eigenvalue weighted by atomic mass is 9.96. The molecule has 0 amide bonds. The molecule has 0 saturated carbocycles. The van der Waals surface area contributed by atoms with E-state index in [9.17, 15) is 0 Å². The molecule has 2 N–H and O–H groups in total. The third-order valence-electron chi connectivity index (χ3n) is 2.27. The zero-order valence-electron chi connectivity index (χ0n) is 8.75. The highest BCUT2D eigenvalue weighted by Gasteiger charge is 2.15. The number of methoxy groups -OCH3 is 1. The van der Waals surface area contributed by atoms with Crippen molar-refractivity contribution in [3.05, 3.63) is 28.2 Å². The summed E-state index contributed by atoms with van der Waals surface area (Å²) in [7, 11) is 1.67. The number of ether oxygens (including phenoxy) is 1. The minimum absolute atomic E-state index is 0.0162. The topological polar surface area (TPSA) is 35.2 Å². The number of halogens is 1. The summed E-state index contributed by atoms with van der Waals surface area (Å²) in [5.41, 5.74) is 7.13. The van der Waals surface area contributed by atoms with Crippen molar-refractivity contribution in [2.75, 3.05) is 7.11 Å². The summed E-state index contributed by atoms with van der Waals surface area (Å²) >= 11 is 3.43. The molecule has 0 unspecified atom stereocenters. The standard InChI is InChI=1S/C11H16BrNO/c1-7(2)11(13)9-6-8(12)4-5-10(9)14-3/h4-7,11H,13H2,1-3H3/t11-/m0/s1. The van der Waals surface area contributed by atoms with Gasteiger partial charge in [-0.05, 0) is 24.1 Å². The summed E-state index contributed by atoms with van der Waals surface area (Å²) < 4.78 is 6.30. The molecule has 0 radical (unpaired) electrons. The Morgan fingerprint density at radius 1 is 1.36 bits per heavy atom. The molecule has 0 aromatic heterocycles. The van der Waals surface area contributed by atoms with E-state index in [-0.39, 0.29) is 6.04 Å². The summed E-state index contributed by atoms with van der Waals surface area (Å²) in [6.45, 7) is 4.20. The van der Waals surface area contributed by atoms with Gasteiger partial charge in [-0.25, -0.2) is 0 Å². The van der Waals surface area contributed by atoms with Gasteiger partial charge in [0, 0.05) is 16.1 Å². The van der Waals surface area contributed by atoms with Gasteiger partial charge in [-0.15, -0.1) is 0 Å². The minimum atomic E-state index is 0.0162. The van der Waals surface area contributed by atoms with E-state index < -0.39 is 0 Å². The molecule has 78 valence electrons. The zero-order valence-corrected chi connectivity index (χ0v) is 10.3. The maximum absolute atomic E-state index is 6.08. The highest BCUT2D eigenvalue weighted by molar-refractivity contribution is 9.10. The van der Waals surface area contributed by atoms with Gasteiger partial charge in [-0.1, -0.05) is 29.8 Å². The first-order chi connectivity index (χ1) is 6.56. The second kappa shape index (κ2) is 4.80. The van der Waals surface area contributed by atoms with Crippen LogP contribution < -0.4 is 10.5 Å². The molecule has 0 aliphatic rings. The van der Waals surface area contributed by atoms with Gasteiger partial charge in [-0.3, -0.25) is 0 Å². The fourth-order valence-electron chi connectivity index (χ4n) is 1.32. The van der Waals surface area contributed by atoms with Crippen LogP contribution in [0.5, 0.6) is 5.75 Å². The smallest absolute Gasteiger partial charge is 0.123 e. The summed E-state index contributed by atoms with van der Waals surface area (Å²) in [6.07, 6.45) is 0. The normalized spacial score (nSPS) is 13.0. The second-order valence-corrected chi connectivity index (χ2v) is 4.57. The van der Waals surface area contributed by atoms with Gasteiger partial charge >= 0.3 is 0 Å². The van der Waals surface area contributed by atoms with Crippen molar-refractivity contribution in [3.63, 3.8) is 0 Å². The van der Waals surface area contributed by atoms with Crippen molar-refractivity contribution in [3.8, 4) is 5.75 Å². The fraction of sp³-hybridized carbons (Fsp3) is 0.455. The number of hydrogen-bond donors (Lipinski definition) is 1. The number of hydrogen-bond acceptors (Lipinski definition) is 2. The maximum Gasteiger partial charge on any atom is 0.123 e. The van der Waals surface area contributed by atoms with E-state index in [0.717, 1.165) is 15.8 Å².